The van der Waals surface area contributed by atoms with E-state index in [1.165, 1.54) is 18.2 Å². The summed E-state index contributed by atoms with van der Waals surface area (Å²) in [4.78, 5) is 11.0. The van der Waals surface area contributed by atoms with Gasteiger partial charge in [0.25, 0.3) is 0 Å². The van der Waals surface area contributed by atoms with Gasteiger partial charge in [-0.2, -0.15) is 0 Å². The smallest absolute Gasteiger partial charge is 0.335 e. The quantitative estimate of drug-likeness (QED) is 0.846. The highest BCUT2D eigenvalue weighted by atomic mass is 79.9. The molecule has 7 heteroatoms. The Hall–Kier alpha value is -0.920. The van der Waals surface area contributed by atoms with Gasteiger partial charge < -0.3 is 5.11 Å². The van der Waals surface area contributed by atoms with Crippen LogP contribution in [0.3, 0.4) is 0 Å². The third-order valence-corrected chi connectivity index (χ3v) is 6.37. The Morgan fingerprint density at radius 3 is 2.62 bits per heavy atom. The van der Waals surface area contributed by atoms with Crippen molar-refractivity contribution in [3.8, 4) is 0 Å². The first kappa shape index (κ1) is 16.5. The highest BCUT2D eigenvalue weighted by Gasteiger charge is 2.28. The molecular formula is C14H18BrNO4S. The third kappa shape index (κ3) is 3.84. The van der Waals surface area contributed by atoms with Gasteiger partial charge in [0.1, 0.15) is 0 Å². The van der Waals surface area contributed by atoms with Gasteiger partial charge in [-0.1, -0.05) is 19.8 Å². The van der Waals surface area contributed by atoms with Gasteiger partial charge >= 0.3 is 5.97 Å². The van der Waals surface area contributed by atoms with Crippen molar-refractivity contribution in [2.24, 2.45) is 5.92 Å². The number of aromatic carboxylic acids is 1. The molecule has 0 spiro atoms. The van der Waals surface area contributed by atoms with Crippen LogP contribution in [0.5, 0.6) is 0 Å². The second-order valence-electron chi connectivity index (χ2n) is 5.44. The Labute approximate surface area is 132 Å². The lowest BCUT2D eigenvalue weighted by atomic mass is 9.87. The molecule has 1 aliphatic rings. The molecule has 5 nitrogen and oxygen atoms in total. The predicted octanol–water partition coefficient (Wildman–Crippen LogP) is 3.00. The number of hydrogen-bond acceptors (Lipinski definition) is 3. The van der Waals surface area contributed by atoms with Crippen LogP contribution in [0.1, 0.15) is 43.0 Å². The molecule has 1 aliphatic carbocycles. The monoisotopic (exact) mass is 375 g/mol. The van der Waals surface area contributed by atoms with E-state index in [4.69, 9.17) is 5.11 Å². The van der Waals surface area contributed by atoms with Crippen LogP contribution in [0.15, 0.2) is 27.6 Å². The molecule has 2 N–H and O–H groups in total. The molecule has 1 saturated carbocycles. The van der Waals surface area contributed by atoms with E-state index in [9.17, 15) is 13.2 Å². The Morgan fingerprint density at radius 2 is 2.00 bits per heavy atom. The summed E-state index contributed by atoms with van der Waals surface area (Å²) < 4.78 is 28.1. The molecule has 0 aromatic heterocycles. The Balaban J connectivity index is 2.30. The van der Waals surface area contributed by atoms with Gasteiger partial charge in [-0.15, -0.1) is 0 Å². The van der Waals surface area contributed by atoms with Crippen molar-refractivity contribution >= 4 is 31.9 Å². The molecule has 21 heavy (non-hydrogen) atoms. The maximum absolute atomic E-state index is 12.5. The molecule has 0 aliphatic heterocycles. The molecule has 1 fully saturated rings. The SMILES string of the molecule is CC1CCCCC1NS(=O)(=O)c1cc(C(=O)O)ccc1Br. The Kier molecular flexibility index (Phi) is 5.06. The van der Waals surface area contributed by atoms with Gasteiger partial charge in [0.15, 0.2) is 0 Å². The minimum Gasteiger partial charge on any atom is -0.478 e. The fraction of sp³-hybridized carbons (Fsp3) is 0.500. The van der Waals surface area contributed by atoms with Crippen molar-refractivity contribution in [2.45, 2.75) is 43.5 Å². The van der Waals surface area contributed by atoms with E-state index in [1.807, 2.05) is 6.92 Å². The fourth-order valence-corrected chi connectivity index (χ4v) is 4.96. The summed E-state index contributed by atoms with van der Waals surface area (Å²) in [6.45, 7) is 2.04. The normalized spacial score (nSPS) is 23.0. The second kappa shape index (κ2) is 6.46. The van der Waals surface area contributed by atoms with Crippen LogP contribution in [0.2, 0.25) is 0 Å². The van der Waals surface area contributed by atoms with Gasteiger partial charge in [0.2, 0.25) is 10.0 Å². The molecule has 116 valence electrons. The van der Waals surface area contributed by atoms with Crippen molar-refractivity contribution in [3.05, 3.63) is 28.2 Å². The van der Waals surface area contributed by atoms with Crippen LogP contribution in [0, 0.1) is 5.92 Å². The van der Waals surface area contributed by atoms with E-state index >= 15 is 0 Å². The molecule has 0 radical (unpaired) electrons. The van der Waals surface area contributed by atoms with E-state index in [0.717, 1.165) is 25.7 Å². The molecular weight excluding hydrogens is 358 g/mol. The Bertz CT molecular complexity index is 644. The number of carbonyl (C=O) groups is 1. The van der Waals surface area contributed by atoms with Crippen molar-refractivity contribution in [2.75, 3.05) is 0 Å². The number of halogens is 1. The number of rotatable bonds is 4. The number of nitrogens with one attached hydrogen (secondary N) is 1. The molecule has 0 bridgehead atoms. The van der Waals surface area contributed by atoms with Crippen molar-refractivity contribution < 1.29 is 18.3 Å². The summed E-state index contributed by atoms with van der Waals surface area (Å²) in [7, 11) is -3.74. The number of sulfonamides is 1. The van der Waals surface area contributed by atoms with Crippen LogP contribution in [-0.2, 0) is 10.0 Å². The largest absolute Gasteiger partial charge is 0.478 e. The highest BCUT2D eigenvalue weighted by molar-refractivity contribution is 9.10. The average Bonchev–Trinajstić information content (AvgIpc) is 2.41. The van der Waals surface area contributed by atoms with Gasteiger partial charge in [-0.3, -0.25) is 0 Å². The third-order valence-electron chi connectivity index (χ3n) is 3.89. The molecule has 1 aromatic carbocycles. The Morgan fingerprint density at radius 1 is 1.33 bits per heavy atom. The summed E-state index contributed by atoms with van der Waals surface area (Å²) in [6, 6.07) is 3.91. The van der Waals surface area contributed by atoms with Crippen LogP contribution in [0.25, 0.3) is 0 Å². The van der Waals surface area contributed by atoms with Crippen molar-refractivity contribution in [1.82, 2.24) is 4.72 Å². The van der Waals surface area contributed by atoms with Crippen LogP contribution in [0.4, 0.5) is 0 Å². The van der Waals surface area contributed by atoms with Crippen LogP contribution in [-0.4, -0.2) is 25.5 Å². The predicted molar refractivity (Wildman–Crippen MR) is 82.8 cm³/mol. The first-order valence-electron chi connectivity index (χ1n) is 6.86. The molecule has 0 saturated heterocycles. The molecule has 1 aromatic rings. The van der Waals surface area contributed by atoms with E-state index in [2.05, 4.69) is 20.7 Å². The minimum atomic E-state index is -3.74. The summed E-state index contributed by atoms with van der Waals surface area (Å²) in [5.74, 6) is -0.861. The maximum Gasteiger partial charge on any atom is 0.335 e. The van der Waals surface area contributed by atoms with Gasteiger partial charge in [-0.25, -0.2) is 17.9 Å². The van der Waals surface area contributed by atoms with E-state index in [0.29, 0.717) is 4.47 Å². The summed E-state index contributed by atoms with van der Waals surface area (Å²) in [6.07, 6.45) is 3.95. The molecule has 2 unspecified atom stereocenters. The summed E-state index contributed by atoms with van der Waals surface area (Å²) in [5.41, 5.74) is -0.0460. The number of benzene rings is 1. The lowest BCUT2D eigenvalue weighted by molar-refractivity contribution is 0.0696. The number of carboxylic acid groups (broad SMARTS) is 1. The fourth-order valence-electron chi connectivity index (χ4n) is 2.60. The van der Waals surface area contributed by atoms with Crippen molar-refractivity contribution in [1.29, 1.82) is 0 Å². The molecule has 2 rings (SSSR count). The van der Waals surface area contributed by atoms with E-state index in [-0.39, 0.29) is 22.4 Å². The maximum atomic E-state index is 12.5. The summed E-state index contributed by atoms with van der Waals surface area (Å²) >= 11 is 3.18. The van der Waals surface area contributed by atoms with Gasteiger partial charge in [0.05, 0.1) is 10.5 Å². The number of hydrogen-bond donors (Lipinski definition) is 2. The molecule has 0 heterocycles. The topological polar surface area (TPSA) is 83.5 Å². The zero-order chi connectivity index (χ0) is 15.6. The first-order chi connectivity index (χ1) is 9.81. The van der Waals surface area contributed by atoms with Gasteiger partial charge in [0, 0.05) is 10.5 Å². The van der Waals surface area contributed by atoms with Crippen molar-refractivity contribution in [3.63, 3.8) is 0 Å². The molecule has 0 amide bonds. The number of carboxylic acids is 1. The first-order valence-corrected chi connectivity index (χ1v) is 9.14. The van der Waals surface area contributed by atoms with E-state index in [1.54, 1.807) is 0 Å². The average molecular weight is 376 g/mol. The lowest BCUT2D eigenvalue weighted by Gasteiger charge is -2.29. The summed E-state index contributed by atoms with van der Waals surface area (Å²) in [5, 5.41) is 9.00. The van der Waals surface area contributed by atoms with Crippen LogP contribution < -0.4 is 4.72 Å². The second-order valence-corrected chi connectivity index (χ2v) is 7.98. The van der Waals surface area contributed by atoms with Gasteiger partial charge in [-0.05, 0) is 52.9 Å². The van der Waals surface area contributed by atoms with Crippen LogP contribution >= 0.6 is 15.9 Å². The highest BCUT2D eigenvalue weighted by Crippen LogP contribution is 2.28. The minimum absolute atomic E-state index is 0.0276. The lowest BCUT2D eigenvalue weighted by Crippen LogP contribution is -2.41. The zero-order valence-electron chi connectivity index (χ0n) is 11.7. The standard InChI is InChI=1S/C14H18BrNO4S/c1-9-4-2-3-5-12(9)16-21(19,20)13-8-10(14(17)18)6-7-11(13)15/h6-9,12,16H,2-5H2,1H3,(H,17,18). The van der Waals surface area contributed by atoms with E-state index < -0.39 is 16.0 Å². The zero-order valence-corrected chi connectivity index (χ0v) is 14.1. The molecule has 2 atom stereocenters.